The first-order valence-corrected chi connectivity index (χ1v) is 6.02. The van der Waals surface area contributed by atoms with E-state index in [1.54, 1.807) is 0 Å². The van der Waals surface area contributed by atoms with Gasteiger partial charge in [0, 0.05) is 16.8 Å². The molecule has 0 aliphatic carbocycles. The van der Waals surface area contributed by atoms with Crippen molar-refractivity contribution in [2.45, 2.75) is 0 Å². The Morgan fingerprint density at radius 1 is 1.41 bits per heavy atom. The number of nitrogens with one attached hydrogen (secondary N) is 2. The fourth-order valence-electron chi connectivity index (χ4n) is 1.58. The van der Waals surface area contributed by atoms with Crippen LogP contribution in [0.25, 0.3) is 5.70 Å². The second-order valence-electron chi connectivity index (χ2n) is 4.13. The minimum absolute atomic E-state index is 0.00409. The number of methoxy groups -OCH3 is 1. The van der Waals surface area contributed by atoms with E-state index >= 15 is 0 Å². The maximum Gasteiger partial charge on any atom is 0.355 e. The van der Waals surface area contributed by atoms with E-state index in [0.717, 1.165) is 19.2 Å². The lowest BCUT2D eigenvalue weighted by molar-refractivity contribution is -0.136. The molecule has 0 aromatic heterocycles. The highest BCUT2D eigenvalue weighted by Gasteiger charge is 2.18. The third-order valence-corrected chi connectivity index (χ3v) is 2.70. The lowest BCUT2D eigenvalue weighted by Gasteiger charge is -2.15. The fourth-order valence-corrected chi connectivity index (χ4v) is 1.58. The zero-order valence-corrected chi connectivity index (χ0v) is 11.9. The van der Waals surface area contributed by atoms with E-state index in [9.17, 15) is 13.6 Å². The quantitative estimate of drug-likeness (QED) is 0.247. The van der Waals surface area contributed by atoms with Crippen LogP contribution in [0.4, 0.5) is 8.78 Å². The molecule has 0 saturated carbocycles. The van der Waals surface area contributed by atoms with Gasteiger partial charge in [-0.05, 0) is 18.2 Å². The summed E-state index contributed by atoms with van der Waals surface area (Å²) in [5.74, 6) is -3.29. The molecule has 0 fully saturated rings. The van der Waals surface area contributed by atoms with Crippen molar-refractivity contribution in [3.63, 3.8) is 0 Å². The number of hydrogen-bond acceptors (Lipinski definition) is 4. The zero-order valence-electron chi connectivity index (χ0n) is 11.9. The number of benzene rings is 1. The fraction of sp³-hybridized carbons (Fsp3) is 0.0667. The van der Waals surface area contributed by atoms with Crippen LogP contribution in [-0.4, -0.2) is 18.9 Å². The standard InChI is InChI=1S/C15H15F2N3O2/c1-4-10(14(18)19)13(15(21)22-3)20-8(2)9-5-6-11(16)12(17)7-9/h4-7,20H,1-2H2,3H3,(H3,18,19). The predicted molar refractivity (Wildman–Crippen MR) is 79.7 cm³/mol. The molecule has 1 rings (SSSR count). The Morgan fingerprint density at radius 2 is 2.05 bits per heavy atom. The third-order valence-electron chi connectivity index (χ3n) is 2.70. The number of hydrogen-bond donors (Lipinski definition) is 3. The molecular weight excluding hydrogens is 292 g/mol. The topological polar surface area (TPSA) is 88.2 Å². The Morgan fingerprint density at radius 3 is 2.50 bits per heavy atom. The molecule has 0 aliphatic rings. The van der Waals surface area contributed by atoms with E-state index in [0.29, 0.717) is 0 Å². The maximum atomic E-state index is 13.2. The van der Waals surface area contributed by atoms with Crippen molar-refractivity contribution < 1.29 is 18.3 Å². The Bertz CT molecular complexity index is 681. The summed E-state index contributed by atoms with van der Waals surface area (Å²) >= 11 is 0. The first-order valence-electron chi connectivity index (χ1n) is 6.02. The molecule has 0 radical (unpaired) electrons. The van der Waals surface area contributed by atoms with E-state index in [2.05, 4.69) is 23.2 Å². The summed E-state index contributed by atoms with van der Waals surface area (Å²) in [6.07, 6.45) is 1.19. The summed E-state index contributed by atoms with van der Waals surface area (Å²) in [6, 6.07) is 3.13. The molecule has 0 atom stereocenters. The van der Waals surface area contributed by atoms with Gasteiger partial charge in [0.15, 0.2) is 11.6 Å². The van der Waals surface area contributed by atoms with Gasteiger partial charge in [-0.3, -0.25) is 5.41 Å². The van der Waals surface area contributed by atoms with E-state index in [1.807, 2.05) is 0 Å². The van der Waals surface area contributed by atoms with Crippen LogP contribution in [0.2, 0.25) is 0 Å². The zero-order chi connectivity index (χ0) is 16.9. The van der Waals surface area contributed by atoms with Gasteiger partial charge in [-0.1, -0.05) is 19.2 Å². The maximum absolute atomic E-state index is 13.2. The molecule has 0 unspecified atom stereocenters. The van der Waals surface area contributed by atoms with Crippen molar-refractivity contribution in [1.82, 2.24) is 5.32 Å². The predicted octanol–water partition coefficient (Wildman–Crippen LogP) is 2.07. The van der Waals surface area contributed by atoms with Crippen LogP contribution in [0.1, 0.15) is 5.56 Å². The normalized spacial score (nSPS) is 11.2. The Hall–Kier alpha value is -2.96. The van der Waals surface area contributed by atoms with Gasteiger partial charge in [-0.15, -0.1) is 0 Å². The van der Waals surface area contributed by atoms with Crippen LogP contribution < -0.4 is 11.1 Å². The van der Waals surface area contributed by atoms with Crippen LogP contribution in [0.15, 0.2) is 48.7 Å². The number of ether oxygens (including phenoxy) is 1. The SMILES string of the molecule is C=CC(C(=N)N)=C(NC(=C)c1ccc(F)c(F)c1)C(=O)OC. The molecule has 22 heavy (non-hydrogen) atoms. The van der Waals surface area contributed by atoms with E-state index in [4.69, 9.17) is 11.1 Å². The highest BCUT2D eigenvalue weighted by molar-refractivity contribution is 6.05. The highest BCUT2D eigenvalue weighted by atomic mass is 19.2. The van der Waals surface area contributed by atoms with Crippen molar-refractivity contribution in [3.8, 4) is 0 Å². The number of esters is 1. The molecule has 0 spiro atoms. The first kappa shape index (κ1) is 17.1. The molecule has 0 amide bonds. The molecule has 0 heterocycles. The van der Waals surface area contributed by atoms with Gasteiger partial charge in [-0.2, -0.15) is 0 Å². The largest absolute Gasteiger partial charge is 0.464 e. The average molecular weight is 307 g/mol. The van der Waals surface area contributed by atoms with Crippen LogP contribution in [-0.2, 0) is 9.53 Å². The summed E-state index contributed by atoms with van der Waals surface area (Å²) in [5.41, 5.74) is 5.49. The van der Waals surface area contributed by atoms with Gasteiger partial charge < -0.3 is 15.8 Å². The number of halogens is 2. The van der Waals surface area contributed by atoms with Gasteiger partial charge in [0.05, 0.1) is 7.11 Å². The van der Waals surface area contributed by atoms with Crippen molar-refractivity contribution in [1.29, 1.82) is 5.41 Å². The van der Waals surface area contributed by atoms with E-state index in [-0.39, 0.29) is 22.5 Å². The van der Waals surface area contributed by atoms with Crippen molar-refractivity contribution in [2.75, 3.05) is 7.11 Å². The first-order chi connectivity index (χ1) is 10.3. The van der Waals surface area contributed by atoms with Crippen LogP contribution in [0.5, 0.6) is 0 Å². The summed E-state index contributed by atoms with van der Waals surface area (Å²) in [6.45, 7) is 7.10. The summed E-state index contributed by atoms with van der Waals surface area (Å²) < 4.78 is 30.8. The Balaban J connectivity index is 3.22. The number of rotatable bonds is 6. The minimum atomic E-state index is -1.06. The lowest BCUT2D eigenvalue weighted by Crippen LogP contribution is -2.26. The molecule has 4 N–H and O–H groups in total. The van der Waals surface area contributed by atoms with Gasteiger partial charge in [0.25, 0.3) is 0 Å². The van der Waals surface area contributed by atoms with Gasteiger partial charge >= 0.3 is 5.97 Å². The van der Waals surface area contributed by atoms with E-state index in [1.165, 1.54) is 12.1 Å². The van der Waals surface area contributed by atoms with Gasteiger partial charge in [0.2, 0.25) is 0 Å². The Labute approximate surface area is 126 Å². The van der Waals surface area contributed by atoms with Crippen molar-refractivity contribution in [2.24, 2.45) is 5.73 Å². The average Bonchev–Trinajstić information content (AvgIpc) is 2.48. The molecular formula is C15H15F2N3O2. The second-order valence-corrected chi connectivity index (χ2v) is 4.13. The van der Waals surface area contributed by atoms with Crippen LogP contribution >= 0.6 is 0 Å². The minimum Gasteiger partial charge on any atom is -0.464 e. The van der Waals surface area contributed by atoms with Crippen molar-refractivity contribution in [3.05, 3.63) is 65.9 Å². The molecule has 1 aromatic carbocycles. The molecule has 0 bridgehead atoms. The van der Waals surface area contributed by atoms with Gasteiger partial charge in [0.1, 0.15) is 11.5 Å². The van der Waals surface area contributed by atoms with Crippen LogP contribution in [0.3, 0.4) is 0 Å². The van der Waals surface area contributed by atoms with E-state index < -0.39 is 23.4 Å². The number of nitrogens with two attached hydrogens (primary N) is 1. The molecule has 5 nitrogen and oxygen atoms in total. The molecule has 7 heteroatoms. The van der Waals surface area contributed by atoms with Crippen LogP contribution in [0, 0.1) is 17.0 Å². The van der Waals surface area contributed by atoms with Crippen molar-refractivity contribution >= 4 is 17.5 Å². The molecule has 1 aromatic rings. The smallest absolute Gasteiger partial charge is 0.355 e. The Kier molecular flexibility index (Phi) is 5.57. The molecule has 0 saturated heterocycles. The number of amidine groups is 1. The summed E-state index contributed by atoms with van der Waals surface area (Å²) in [7, 11) is 1.14. The monoisotopic (exact) mass is 307 g/mol. The molecule has 0 aliphatic heterocycles. The lowest BCUT2D eigenvalue weighted by atomic mass is 10.1. The third kappa shape index (κ3) is 3.78. The second kappa shape index (κ2) is 7.16. The summed E-state index contributed by atoms with van der Waals surface area (Å²) in [4.78, 5) is 11.8. The summed E-state index contributed by atoms with van der Waals surface area (Å²) in [5, 5.41) is 10.0. The number of carbonyl (C=O) groups excluding carboxylic acids is 1. The molecule has 116 valence electrons. The number of carbonyl (C=O) groups is 1. The highest BCUT2D eigenvalue weighted by Crippen LogP contribution is 2.17. The van der Waals surface area contributed by atoms with Gasteiger partial charge in [-0.25, -0.2) is 13.6 Å².